The predicted molar refractivity (Wildman–Crippen MR) is 72.7 cm³/mol. The standard InChI is InChI=1S/C14H16F3N3O/c15-14(16,17)10-3-4-12-11(6-10)19-13(18)20(12)7-9-2-1-5-21-8-9/h3-4,6,9H,1-2,5,7-8H2,(H2,18,19). The van der Waals surface area contributed by atoms with Crippen LogP contribution in [0.3, 0.4) is 0 Å². The fourth-order valence-corrected chi connectivity index (χ4v) is 2.73. The molecule has 114 valence electrons. The molecule has 7 heteroatoms. The van der Waals surface area contributed by atoms with Crippen LogP contribution in [0.5, 0.6) is 0 Å². The number of hydrogen-bond donors (Lipinski definition) is 1. The number of rotatable bonds is 2. The fraction of sp³-hybridized carbons (Fsp3) is 0.500. The van der Waals surface area contributed by atoms with E-state index in [0.29, 0.717) is 24.6 Å². The Morgan fingerprint density at radius 1 is 1.38 bits per heavy atom. The Balaban J connectivity index is 1.93. The predicted octanol–water partition coefficient (Wildman–Crippen LogP) is 3.06. The maximum absolute atomic E-state index is 12.7. The number of anilines is 1. The number of imidazole rings is 1. The lowest BCUT2D eigenvalue weighted by Crippen LogP contribution is -2.22. The van der Waals surface area contributed by atoms with Gasteiger partial charge in [-0.3, -0.25) is 0 Å². The highest BCUT2D eigenvalue weighted by Gasteiger charge is 2.31. The van der Waals surface area contributed by atoms with E-state index in [1.165, 1.54) is 6.07 Å². The number of nitrogen functional groups attached to an aromatic ring is 1. The van der Waals surface area contributed by atoms with Crippen LogP contribution in [-0.4, -0.2) is 22.8 Å². The second-order valence-corrected chi connectivity index (χ2v) is 5.37. The molecule has 1 fully saturated rings. The Kier molecular flexibility index (Phi) is 3.52. The number of hydrogen-bond acceptors (Lipinski definition) is 3. The fourth-order valence-electron chi connectivity index (χ4n) is 2.73. The molecule has 4 nitrogen and oxygen atoms in total. The second kappa shape index (κ2) is 5.22. The summed E-state index contributed by atoms with van der Waals surface area (Å²) >= 11 is 0. The number of fused-ring (bicyclic) bond motifs is 1. The van der Waals surface area contributed by atoms with E-state index >= 15 is 0 Å². The zero-order chi connectivity index (χ0) is 15.0. The number of aromatic nitrogens is 2. The summed E-state index contributed by atoms with van der Waals surface area (Å²) in [5, 5.41) is 0. The molecular weight excluding hydrogens is 283 g/mol. The third-order valence-corrected chi connectivity index (χ3v) is 3.80. The summed E-state index contributed by atoms with van der Waals surface area (Å²) in [6, 6.07) is 3.54. The van der Waals surface area contributed by atoms with Crippen molar-refractivity contribution < 1.29 is 17.9 Å². The van der Waals surface area contributed by atoms with Gasteiger partial charge in [-0.15, -0.1) is 0 Å². The lowest BCUT2D eigenvalue weighted by molar-refractivity contribution is -0.137. The highest BCUT2D eigenvalue weighted by Crippen LogP contribution is 2.32. The van der Waals surface area contributed by atoms with Gasteiger partial charge in [-0.1, -0.05) is 0 Å². The van der Waals surface area contributed by atoms with Gasteiger partial charge in [-0.2, -0.15) is 13.2 Å². The molecule has 1 aliphatic rings. The van der Waals surface area contributed by atoms with E-state index in [4.69, 9.17) is 10.5 Å². The number of alkyl halides is 3. The molecule has 1 saturated heterocycles. The Morgan fingerprint density at radius 3 is 2.86 bits per heavy atom. The summed E-state index contributed by atoms with van der Waals surface area (Å²) in [5.74, 6) is 0.565. The van der Waals surface area contributed by atoms with Crippen molar-refractivity contribution in [1.29, 1.82) is 0 Å². The van der Waals surface area contributed by atoms with Crippen LogP contribution in [0.25, 0.3) is 11.0 Å². The molecule has 1 atom stereocenters. The van der Waals surface area contributed by atoms with E-state index < -0.39 is 11.7 Å². The molecule has 21 heavy (non-hydrogen) atoms. The number of nitrogens with two attached hydrogens (primary N) is 1. The Labute approximate surface area is 119 Å². The second-order valence-electron chi connectivity index (χ2n) is 5.37. The summed E-state index contributed by atoms with van der Waals surface area (Å²) in [6.45, 7) is 2.04. The van der Waals surface area contributed by atoms with E-state index in [1.54, 1.807) is 4.57 Å². The molecule has 1 aromatic carbocycles. The quantitative estimate of drug-likeness (QED) is 0.927. The number of nitrogens with zero attached hydrogens (tertiary/aromatic N) is 2. The van der Waals surface area contributed by atoms with Crippen LogP contribution in [0.1, 0.15) is 18.4 Å². The molecule has 2 aromatic rings. The van der Waals surface area contributed by atoms with Crippen molar-refractivity contribution in [3.05, 3.63) is 23.8 Å². The lowest BCUT2D eigenvalue weighted by Gasteiger charge is -2.23. The van der Waals surface area contributed by atoms with Crippen LogP contribution < -0.4 is 5.73 Å². The van der Waals surface area contributed by atoms with Gasteiger partial charge in [-0.25, -0.2) is 4.98 Å². The van der Waals surface area contributed by atoms with Gasteiger partial charge in [0.2, 0.25) is 5.95 Å². The van der Waals surface area contributed by atoms with Gasteiger partial charge in [0.15, 0.2) is 0 Å². The summed E-state index contributed by atoms with van der Waals surface area (Å²) in [5.41, 5.74) is 6.06. The van der Waals surface area contributed by atoms with Gasteiger partial charge < -0.3 is 15.0 Å². The van der Waals surface area contributed by atoms with Gasteiger partial charge in [0, 0.05) is 19.1 Å². The van der Waals surface area contributed by atoms with Crippen LogP contribution in [0.2, 0.25) is 0 Å². The third-order valence-electron chi connectivity index (χ3n) is 3.80. The van der Waals surface area contributed by atoms with E-state index in [9.17, 15) is 13.2 Å². The normalized spacial score (nSPS) is 20.0. The molecular formula is C14H16F3N3O. The number of ether oxygens (including phenoxy) is 1. The van der Waals surface area contributed by atoms with Gasteiger partial charge in [0.05, 0.1) is 23.2 Å². The third kappa shape index (κ3) is 2.83. The monoisotopic (exact) mass is 299 g/mol. The van der Waals surface area contributed by atoms with Crippen molar-refractivity contribution in [2.75, 3.05) is 18.9 Å². The van der Waals surface area contributed by atoms with E-state index in [-0.39, 0.29) is 11.5 Å². The smallest absolute Gasteiger partial charge is 0.381 e. The largest absolute Gasteiger partial charge is 0.416 e. The Hall–Kier alpha value is -1.76. The first-order valence-electron chi connectivity index (χ1n) is 6.86. The van der Waals surface area contributed by atoms with Crippen molar-refractivity contribution in [2.24, 2.45) is 5.92 Å². The van der Waals surface area contributed by atoms with E-state index in [2.05, 4.69) is 4.98 Å². The average molecular weight is 299 g/mol. The minimum absolute atomic E-state index is 0.245. The highest BCUT2D eigenvalue weighted by molar-refractivity contribution is 5.79. The minimum atomic E-state index is -4.37. The van der Waals surface area contributed by atoms with Crippen molar-refractivity contribution in [2.45, 2.75) is 25.6 Å². The van der Waals surface area contributed by atoms with Crippen LogP contribution in [-0.2, 0) is 17.5 Å². The molecule has 0 bridgehead atoms. The number of halogens is 3. The summed E-state index contributed by atoms with van der Waals surface area (Å²) in [7, 11) is 0. The van der Waals surface area contributed by atoms with Crippen molar-refractivity contribution in [3.63, 3.8) is 0 Å². The maximum atomic E-state index is 12.7. The first-order valence-corrected chi connectivity index (χ1v) is 6.86. The molecule has 0 aliphatic carbocycles. The van der Waals surface area contributed by atoms with Crippen molar-refractivity contribution >= 4 is 17.0 Å². The first-order chi connectivity index (χ1) is 9.95. The Morgan fingerprint density at radius 2 is 2.19 bits per heavy atom. The van der Waals surface area contributed by atoms with Gasteiger partial charge in [-0.05, 0) is 31.0 Å². The molecule has 0 saturated carbocycles. The molecule has 0 amide bonds. The number of benzene rings is 1. The summed E-state index contributed by atoms with van der Waals surface area (Å²) < 4.78 is 45.3. The molecule has 1 unspecified atom stereocenters. The average Bonchev–Trinajstić information content (AvgIpc) is 2.75. The lowest BCUT2D eigenvalue weighted by atomic mass is 10.0. The molecule has 0 radical (unpaired) electrons. The topological polar surface area (TPSA) is 53.1 Å². The first kappa shape index (κ1) is 14.2. The molecule has 1 aromatic heterocycles. The zero-order valence-corrected chi connectivity index (χ0v) is 11.4. The van der Waals surface area contributed by atoms with Crippen molar-refractivity contribution in [1.82, 2.24) is 9.55 Å². The molecule has 2 N–H and O–H groups in total. The van der Waals surface area contributed by atoms with Gasteiger partial charge >= 0.3 is 6.18 Å². The molecule has 3 rings (SSSR count). The highest BCUT2D eigenvalue weighted by atomic mass is 19.4. The summed E-state index contributed by atoms with van der Waals surface area (Å²) in [4.78, 5) is 4.05. The van der Waals surface area contributed by atoms with Crippen LogP contribution >= 0.6 is 0 Å². The summed E-state index contributed by atoms with van der Waals surface area (Å²) in [6.07, 6.45) is -2.35. The van der Waals surface area contributed by atoms with E-state index in [0.717, 1.165) is 31.6 Å². The maximum Gasteiger partial charge on any atom is 0.416 e. The van der Waals surface area contributed by atoms with Crippen LogP contribution in [0, 0.1) is 5.92 Å². The van der Waals surface area contributed by atoms with Crippen LogP contribution in [0.4, 0.5) is 19.1 Å². The molecule has 1 aliphatic heterocycles. The SMILES string of the molecule is Nc1nc2cc(C(F)(F)F)ccc2n1CC1CCCOC1. The minimum Gasteiger partial charge on any atom is -0.381 e. The van der Waals surface area contributed by atoms with Crippen LogP contribution in [0.15, 0.2) is 18.2 Å². The van der Waals surface area contributed by atoms with Gasteiger partial charge in [0.25, 0.3) is 0 Å². The zero-order valence-electron chi connectivity index (χ0n) is 11.4. The molecule has 0 spiro atoms. The van der Waals surface area contributed by atoms with Crippen molar-refractivity contribution in [3.8, 4) is 0 Å². The Bertz CT molecular complexity index is 645. The van der Waals surface area contributed by atoms with Gasteiger partial charge in [0.1, 0.15) is 0 Å². The van der Waals surface area contributed by atoms with E-state index in [1.807, 2.05) is 0 Å². The molecule has 2 heterocycles.